The van der Waals surface area contributed by atoms with E-state index < -0.39 is 5.97 Å². The van der Waals surface area contributed by atoms with E-state index in [9.17, 15) is 4.79 Å². The van der Waals surface area contributed by atoms with Crippen molar-refractivity contribution in [1.29, 1.82) is 0 Å². The van der Waals surface area contributed by atoms with Crippen molar-refractivity contribution in [3.8, 4) is 0 Å². The maximum Gasteiger partial charge on any atom is 0.335 e. The molecule has 0 fully saturated rings. The summed E-state index contributed by atoms with van der Waals surface area (Å²) in [5.41, 5.74) is 2.26. The second kappa shape index (κ2) is 5.42. The number of carboxylic acid groups (broad SMARTS) is 1. The highest BCUT2D eigenvalue weighted by Gasteiger charge is 2.13. The molecule has 0 radical (unpaired) electrons. The molecular weight excluding hydrogens is 228 g/mol. The SMILES string of the molecule is CNC(c1ccncc1)c1cccc(C(=O)O)c1. The van der Waals surface area contributed by atoms with Crippen LogP contribution in [0.5, 0.6) is 0 Å². The first-order valence-electron chi connectivity index (χ1n) is 5.63. The standard InChI is InChI=1S/C14H14N2O2/c1-15-13(10-5-7-16-8-6-10)11-3-2-4-12(9-11)14(17)18/h2-9,13,15H,1H3,(H,17,18). The van der Waals surface area contributed by atoms with Crippen molar-refractivity contribution in [2.75, 3.05) is 7.05 Å². The summed E-state index contributed by atoms with van der Waals surface area (Å²) in [6, 6.07) is 10.7. The van der Waals surface area contributed by atoms with Crippen molar-refractivity contribution in [3.05, 3.63) is 65.5 Å². The van der Waals surface area contributed by atoms with Crippen molar-refractivity contribution in [2.24, 2.45) is 0 Å². The highest BCUT2D eigenvalue weighted by Crippen LogP contribution is 2.21. The molecule has 0 aliphatic heterocycles. The normalized spacial score (nSPS) is 12.1. The van der Waals surface area contributed by atoms with Gasteiger partial charge in [0.2, 0.25) is 0 Å². The fraction of sp³-hybridized carbons (Fsp3) is 0.143. The summed E-state index contributed by atoms with van der Waals surface area (Å²) in [7, 11) is 1.85. The molecule has 18 heavy (non-hydrogen) atoms. The van der Waals surface area contributed by atoms with Gasteiger partial charge in [-0.25, -0.2) is 4.79 Å². The zero-order valence-electron chi connectivity index (χ0n) is 10.00. The Balaban J connectivity index is 2.39. The number of nitrogens with zero attached hydrogens (tertiary/aromatic N) is 1. The van der Waals surface area contributed by atoms with Crippen LogP contribution < -0.4 is 5.32 Å². The number of rotatable bonds is 4. The van der Waals surface area contributed by atoms with E-state index in [2.05, 4.69) is 10.3 Å². The highest BCUT2D eigenvalue weighted by atomic mass is 16.4. The van der Waals surface area contributed by atoms with Gasteiger partial charge in [0, 0.05) is 12.4 Å². The van der Waals surface area contributed by atoms with Gasteiger partial charge in [-0.15, -0.1) is 0 Å². The van der Waals surface area contributed by atoms with Gasteiger partial charge in [-0.3, -0.25) is 4.98 Å². The molecule has 0 saturated carbocycles. The van der Waals surface area contributed by atoms with Crippen LogP contribution in [-0.2, 0) is 0 Å². The van der Waals surface area contributed by atoms with E-state index in [4.69, 9.17) is 5.11 Å². The van der Waals surface area contributed by atoms with Crippen LogP contribution in [-0.4, -0.2) is 23.1 Å². The topological polar surface area (TPSA) is 62.2 Å². The van der Waals surface area contributed by atoms with Crippen molar-refractivity contribution in [1.82, 2.24) is 10.3 Å². The van der Waals surface area contributed by atoms with E-state index in [1.165, 1.54) is 0 Å². The first kappa shape index (κ1) is 12.3. The Morgan fingerprint density at radius 2 is 1.94 bits per heavy atom. The third kappa shape index (κ3) is 2.55. The van der Waals surface area contributed by atoms with E-state index in [0.717, 1.165) is 11.1 Å². The van der Waals surface area contributed by atoms with Crippen LogP contribution >= 0.6 is 0 Å². The lowest BCUT2D eigenvalue weighted by molar-refractivity contribution is 0.0696. The Morgan fingerprint density at radius 1 is 1.22 bits per heavy atom. The smallest absolute Gasteiger partial charge is 0.335 e. The Bertz CT molecular complexity index is 541. The summed E-state index contributed by atoms with van der Waals surface area (Å²) >= 11 is 0. The van der Waals surface area contributed by atoms with Crippen LogP contribution in [0, 0.1) is 0 Å². The number of hydrogen-bond donors (Lipinski definition) is 2. The molecule has 2 N–H and O–H groups in total. The average molecular weight is 242 g/mol. The molecule has 1 unspecified atom stereocenters. The molecule has 0 aliphatic rings. The van der Waals surface area contributed by atoms with Gasteiger partial charge in [0.25, 0.3) is 0 Å². The summed E-state index contributed by atoms with van der Waals surface area (Å²) in [5, 5.41) is 12.2. The van der Waals surface area contributed by atoms with Gasteiger partial charge in [-0.2, -0.15) is 0 Å². The molecule has 1 heterocycles. The Kier molecular flexibility index (Phi) is 3.69. The maximum absolute atomic E-state index is 11.0. The number of carboxylic acids is 1. The van der Waals surface area contributed by atoms with Crippen LogP contribution in [0.2, 0.25) is 0 Å². The Labute approximate surface area is 105 Å². The van der Waals surface area contributed by atoms with Gasteiger partial charge in [0.15, 0.2) is 0 Å². The van der Waals surface area contributed by atoms with Gasteiger partial charge < -0.3 is 10.4 Å². The zero-order valence-corrected chi connectivity index (χ0v) is 10.00. The van der Waals surface area contributed by atoms with Crippen LogP contribution in [0.15, 0.2) is 48.8 Å². The van der Waals surface area contributed by atoms with Gasteiger partial charge in [-0.1, -0.05) is 12.1 Å². The van der Waals surface area contributed by atoms with E-state index in [1.54, 1.807) is 30.6 Å². The number of hydrogen-bond acceptors (Lipinski definition) is 3. The number of aromatic nitrogens is 1. The lowest BCUT2D eigenvalue weighted by atomic mass is 9.98. The molecule has 4 heteroatoms. The third-order valence-corrected chi connectivity index (χ3v) is 2.80. The summed E-state index contributed by atoms with van der Waals surface area (Å²) in [4.78, 5) is 14.9. The second-order valence-electron chi connectivity index (χ2n) is 3.93. The van der Waals surface area contributed by atoms with Crippen molar-refractivity contribution in [3.63, 3.8) is 0 Å². The lowest BCUT2D eigenvalue weighted by Gasteiger charge is -2.17. The van der Waals surface area contributed by atoms with Crippen LogP contribution in [0.4, 0.5) is 0 Å². The van der Waals surface area contributed by atoms with Crippen molar-refractivity contribution >= 4 is 5.97 Å². The van der Waals surface area contributed by atoms with Gasteiger partial charge in [0.1, 0.15) is 0 Å². The minimum Gasteiger partial charge on any atom is -0.478 e. The van der Waals surface area contributed by atoms with E-state index >= 15 is 0 Å². The first-order valence-corrected chi connectivity index (χ1v) is 5.63. The molecular formula is C14H14N2O2. The maximum atomic E-state index is 11.0. The minimum absolute atomic E-state index is 0.0349. The van der Waals surface area contributed by atoms with Gasteiger partial charge in [0.05, 0.1) is 11.6 Å². The third-order valence-electron chi connectivity index (χ3n) is 2.80. The van der Waals surface area contributed by atoms with E-state index in [0.29, 0.717) is 5.56 Å². The summed E-state index contributed by atoms with van der Waals surface area (Å²) in [6.45, 7) is 0. The second-order valence-corrected chi connectivity index (χ2v) is 3.93. The summed E-state index contributed by atoms with van der Waals surface area (Å²) < 4.78 is 0. The average Bonchev–Trinajstić information content (AvgIpc) is 2.41. The molecule has 0 bridgehead atoms. The number of carbonyl (C=O) groups is 1. The number of pyridine rings is 1. The zero-order chi connectivity index (χ0) is 13.0. The summed E-state index contributed by atoms with van der Waals surface area (Å²) in [6.07, 6.45) is 3.45. The van der Waals surface area contributed by atoms with Crippen molar-refractivity contribution in [2.45, 2.75) is 6.04 Å². The number of nitrogens with one attached hydrogen (secondary N) is 1. The molecule has 0 spiro atoms. The molecule has 1 aromatic carbocycles. The largest absolute Gasteiger partial charge is 0.478 e. The molecule has 2 aromatic rings. The monoisotopic (exact) mass is 242 g/mol. The summed E-state index contributed by atoms with van der Waals surface area (Å²) in [5.74, 6) is -0.915. The number of benzene rings is 1. The fourth-order valence-corrected chi connectivity index (χ4v) is 1.93. The van der Waals surface area contributed by atoms with Crippen LogP contribution in [0.3, 0.4) is 0 Å². The molecule has 0 saturated heterocycles. The highest BCUT2D eigenvalue weighted by molar-refractivity contribution is 5.87. The van der Waals surface area contributed by atoms with Crippen LogP contribution in [0.25, 0.3) is 0 Å². The predicted molar refractivity (Wildman–Crippen MR) is 68.5 cm³/mol. The van der Waals surface area contributed by atoms with E-state index in [-0.39, 0.29) is 6.04 Å². The van der Waals surface area contributed by atoms with Gasteiger partial charge >= 0.3 is 5.97 Å². The van der Waals surface area contributed by atoms with Gasteiger partial charge in [-0.05, 0) is 42.4 Å². The lowest BCUT2D eigenvalue weighted by Crippen LogP contribution is -2.18. The quantitative estimate of drug-likeness (QED) is 0.861. The molecule has 92 valence electrons. The molecule has 0 aliphatic carbocycles. The van der Waals surface area contributed by atoms with E-state index in [1.807, 2.05) is 25.2 Å². The molecule has 1 aromatic heterocycles. The Morgan fingerprint density at radius 3 is 2.56 bits per heavy atom. The first-order chi connectivity index (χ1) is 8.72. The van der Waals surface area contributed by atoms with Crippen molar-refractivity contribution < 1.29 is 9.90 Å². The minimum atomic E-state index is -0.915. The molecule has 0 amide bonds. The Hall–Kier alpha value is -2.20. The predicted octanol–water partition coefficient (Wildman–Crippen LogP) is 2.09. The molecule has 4 nitrogen and oxygen atoms in total. The van der Waals surface area contributed by atoms with Crippen LogP contribution in [0.1, 0.15) is 27.5 Å². The molecule has 2 rings (SSSR count). The fourth-order valence-electron chi connectivity index (χ4n) is 1.93. The number of aromatic carboxylic acids is 1. The molecule has 1 atom stereocenters.